The molecule has 1 aromatic rings. The van der Waals surface area contributed by atoms with Crippen LogP contribution < -0.4 is 9.47 Å². The van der Waals surface area contributed by atoms with E-state index in [9.17, 15) is 4.79 Å². The molecule has 0 radical (unpaired) electrons. The molecule has 1 aliphatic rings. The van der Waals surface area contributed by atoms with Crippen LogP contribution in [0.25, 0.3) is 0 Å². The predicted molar refractivity (Wildman–Crippen MR) is 51.5 cm³/mol. The molecule has 5 heteroatoms. The number of rotatable bonds is 1. The smallest absolute Gasteiger partial charge is 0.339 e. The van der Waals surface area contributed by atoms with Crippen molar-refractivity contribution in [2.45, 2.75) is 13.3 Å². The van der Waals surface area contributed by atoms with Gasteiger partial charge in [-0.15, -0.1) is 0 Å². The summed E-state index contributed by atoms with van der Waals surface area (Å²) in [6, 6.07) is 1.48. The maximum absolute atomic E-state index is 11.0. The molecule has 0 fully saturated rings. The van der Waals surface area contributed by atoms with E-state index in [1.807, 2.05) is 0 Å². The van der Waals surface area contributed by atoms with Gasteiger partial charge in [-0.1, -0.05) is 0 Å². The van der Waals surface area contributed by atoms with Gasteiger partial charge in [-0.2, -0.15) is 0 Å². The Labute approximate surface area is 86.7 Å². The van der Waals surface area contributed by atoms with Gasteiger partial charge in [-0.25, -0.2) is 9.78 Å². The monoisotopic (exact) mass is 209 g/mol. The van der Waals surface area contributed by atoms with E-state index in [-0.39, 0.29) is 17.2 Å². The largest absolute Gasteiger partial charge is 0.487 e. The first kappa shape index (κ1) is 9.76. The van der Waals surface area contributed by atoms with Gasteiger partial charge in [0.05, 0.1) is 13.2 Å². The molecule has 2 rings (SSSR count). The third kappa shape index (κ3) is 1.86. The second kappa shape index (κ2) is 3.76. The van der Waals surface area contributed by atoms with Crippen LogP contribution in [-0.4, -0.2) is 29.3 Å². The van der Waals surface area contributed by atoms with E-state index in [0.717, 1.165) is 6.42 Å². The number of aromatic carboxylic acids is 1. The van der Waals surface area contributed by atoms with Crippen molar-refractivity contribution in [1.82, 2.24) is 4.98 Å². The van der Waals surface area contributed by atoms with E-state index >= 15 is 0 Å². The molecule has 1 aromatic heterocycles. The summed E-state index contributed by atoms with van der Waals surface area (Å²) in [5.41, 5.74) is 0.719. The maximum Gasteiger partial charge on any atom is 0.339 e. The van der Waals surface area contributed by atoms with Crippen molar-refractivity contribution in [3.8, 4) is 11.6 Å². The molecule has 15 heavy (non-hydrogen) atoms. The minimum absolute atomic E-state index is 0.111. The average molecular weight is 209 g/mol. The third-order valence-electron chi connectivity index (χ3n) is 2.07. The molecule has 1 N–H and O–H groups in total. The van der Waals surface area contributed by atoms with E-state index < -0.39 is 5.97 Å². The molecule has 0 bridgehead atoms. The van der Waals surface area contributed by atoms with Crippen molar-refractivity contribution in [3.63, 3.8) is 0 Å². The summed E-state index contributed by atoms with van der Waals surface area (Å²) >= 11 is 0. The lowest BCUT2D eigenvalue weighted by Crippen LogP contribution is -2.05. The molecular weight excluding hydrogens is 198 g/mol. The van der Waals surface area contributed by atoms with Crippen molar-refractivity contribution in [2.75, 3.05) is 13.2 Å². The molecule has 0 saturated heterocycles. The van der Waals surface area contributed by atoms with Crippen molar-refractivity contribution in [2.24, 2.45) is 0 Å². The Morgan fingerprint density at radius 3 is 2.93 bits per heavy atom. The van der Waals surface area contributed by atoms with E-state index in [0.29, 0.717) is 18.9 Å². The van der Waals surface area contributed by atoms with Crippen molar-refractivity contribution >= 4 is 5.97 Å². The van der Waals surface area contributed by atoms with Crippen LogP contribution in [0.5, 0.6) is 11.6 Å². The van der Waals surface area contributed by atoms with Gasteiger partial charge in [0, 0.05) is 12.1 Å². The fourth-order valence-electron chi connectivity index (χ4n) is 1.43. The van der Waals surface area contributed by atoms with E-state index in [2.05, 4.69) is 4.98 Å². The summed E-state index contributed by atoms with van der Waals surface area (Å²) < 4.78 is 10.6. The molecule has 80 valence electrons. The molecule has 1 aliphatic heterocycles. The Morgan fingerprint density at radius 2 is 2.20 bits per heavy atom. The molecule has 0 aromatic carbocycles. The number of aryl methyl sites for hydroxylation is 1. The van der Waals surface area contributed by atoms with E-state index in [1.54, 1.807) is 6.92 Å². The lowest BCUT2D eigenvalue weighted by Gasteiger charge is -2.09. The van der Waals surface area contributed by atoms with Gasteiger partial charge >= 0.3 is 5.97 Å². The van der Waals surface area contributed by atoms with Crippen LogP contribution in [0, 0.1) is 6.92 Å². The SMILES string of the molecule is Cc1cc(C(=O)O)c2c(n1)OCCCO2. The van der Waals surface area contributed by atoms with Crippen molar-refractivity contribution in [3.05, 3.63) is 17.3 Å². The highest BCUT2D eigenvalue weighted by atomic mass is 16.5. The standard InChI is InChI=1S/C10H11NO4/c1-6-5-7(10(12)13)8-9(11-6)15-4-2-3-14-8/h5H,2-4H2,1H3,(H,12,13). The molecule has 0 amide bonds. The normalized spacial score (nSPS) is 14.5. The molecule has 5 nitrogen and oxygen atoms in total. The number of nitrogens with zero attached hydrogens (tertiary/aromatic N) is 1. The number of pyridine rings is 1. The summed E-state index contributed by atoms with van der Waals surface area (Å²) in [7, 11) is 0. The highest BCUT2D eigenvalue weighted by Crippen LogP contribution is 2.31. The number of carboxylic acid groups (broad SMARTS) is 1. The van der Waals surface area contributed by atoms with Crippen LogP contribution in [0.1, 0.15) is 22.5 Å². The molecule has 0 saturated carbocycles. The van der Waals surface area contributed by atoms with Gasteiger partial charge in [-0.3, -0.25) is 0 Å². The van der Waals surface area contributed by atoms with E-state index in [1.165, 1.54) is 6.07 Å². The van der Waals surface area contributed by atoms with Gasteiger partial charge in [0.2, 0.25) is 0 Å². The Kier molecular flexibility index (Phi) is 2.45. The van der Waals surface area contributed by atoms with Crippen LogP contribution >= 0.6 is 0 Å². The molecule has 0 aliphatic carbocycles. The second-order valence-electron chi connectivity index (χ2n) is 3.30. The average Bonchev–Trinajstić information content (AvgIpc) is 2.41. The van der Waals surface area contributed by atoms with Crippen LogP contribution in [0.4, 0.5) is 0 Å². The number of carboxylic acids is 1. The number of hydrogen-bond acceptors (Lipinski definition) is 4. The number of carbonyl (C=O) groups is 1. The summed E-state index contributed by atoms with van der Waals surface area (Å²) in [6.45, 7) is 2.68. The minimum Gasteiger partial charge on any atom is -0.487 e. The summed E-state index contributed by atoms with van der Waals surface area (Å²) in [5, 5.41) is 8.99. The van der Waals surface area contributed by atoms with Gasteiger partial charge in [0.25, 0.3) is 5.88 Å². The number of fused-ring (bicyclic) bond motifs is 1. The molecule has 2 heterocycles. The third-order valence-corrected chi connectivity index (χ3v) is 2.07. The quantitative estimate of drug-likeness (QED) is 0.753. The number of aromatic nitrogens is 1. The number of hydrogen-bond donors (Lipinski definition) is 1. The highest BCUT2D eigenvalue weighted by Gasteiger charge is 2.21. The first-order chi connectivity index (χ1) is 7.18. The zero-order chi connectivity index (χ0) is 10.8. The van der Waals surface area contributed by atoms with Crippen LogP contribution in [-0.2, 0) is 0 Å². The molecule has 0 spiro atoms. The maximum atomic E-state index is 11.0. The fraction of sp³-hybridized carbons (Fsp3) is 0.400. The summed E-state index contributed by atoms with van der Waals surface area (Å²) in [6.07, 6.45) is 0.731. The van der Waals surface area contributed by atoms with Crippen molar-refractivity contribution < 1.29 is 19.4 Å². The van der Waals surface area contributed by atoms with Crippen LogP contribution in [0.3, 0.4) is 0 Å². The Balaban J connectivity index is 2.54. The second-order valence-corrected chi connectivity index (χ2v) is 3.30. The van der Waals surface area contributed by atoms with Gasteiger partial charge in [0.15, 0.2) is 5.75 Å². The molecule has 0 unspecified atom stereocenters. The topological polar surface area (TPSA) is 68.7 Å². The molecular formula is C10H11NO4. The van der Waals surface area contributed by atoms with Crippen molar-refractivity contribution in [1.29, 1.82) is 0 Å². The van der Waals surface area contributed by atoms with Gasteiger partial charge < -0.3 is 14.6 Å². The Hall–Kier alpha value is -1.78. The first-order valence-corrected chi connectivity index (χ1v) is 4.69. The Bertz CT molecular complexity index is 403. The predicted octanol–water partition coefficient (Wildman–Crippen LogP) is 1.25. The number of ether oxygens (including phenoxy) is 2. The fourth-order valence-corrected chi connectivity index (χ4v) is 1.43. The Morgan fingerprint density at radius 1 is 1.47 bits per heavy atom. The lowest BCUT2D eigenvalue weighted by molar-refractivity contribution is 0.0691. The minimum atomic E-state index is -1.03. The molecule has 0 atom stereocenters. The van der Waals surface area contributed by atoms with Crippen LogP contribution in [0.2, 0.25) is 0 Å². The van der Waals surface area contributed by atoms with Crippen LogP contribution in [0.15, 0.2) is 6.07 Å². The van der Waals surface area contributed by atoms with Gasteiger partial charge in [-0.05, 0) is 13.0 Å². The lowest BCUT2D eigenvalue weighted by atomic mass is 10.2. The zero-order valence-electron chi connectivity index (χ0n) is 8.32. The van der Waals surface area contributed by atoms with E-state index in [4.69, 9.17) is 14.6 Å². The zero-order valence-corrected chi connectivity index (χ0v) is 8.32. The highest BCUT2D eigenvalue weighted by molar-refractivity contribution is 5.91. The first-order valence-electron chi connectivity index (χ1n) is 4.69. The summed E-state index contributed by atoms with van der Waals surface area (Å²) in [4.78, 5) is 15.1. The van der Waals surface area contributed by atoms with Gasteiger partial charge in [0.1, 0.15) is 5.56 Å². The summed E-state index contributed by atoms with van der Waals surface area (Å²) in [5.74, 6) is -0.502.